The minimum Gasteiger partial charge on any atom is -0.508 e. The molecule has 3 rings (SSSR count). The van der Waals surface area contributed by atoms with E-state index in [9.17, 15) is 18.3 Å². The standard InChI is InChI=1S/C17H20N2O4S2/c1-12-3-2-8-19(10-12)25(22,23)15-9-16(24-11-15)17(21)18-13-4-6-14(20)7-5-13/h4-7,9,11-12,20H,2-3,8,10H2,1H3,(H,18,21)/t12-/m0/s1. The van der Waals surface area contributed by atoms with Crippen molar-refractivity contribution in [3.05, 3.63) is 40.6 Å². The van der Waals surface area contributed by atoms with Crippen LogP contribution in [-0.2, 0) is 10.0 Å². The smallest absolute Gasteiger partial charge is 0.265 e. The number of nitrogens with one attached hydrogen (secondary N) is 1. The van der Waals surface area contributed by atoms with E-state index in [1.807, 2.05) is 6.92 Å². The highest BCUT2D eigenvalue weighted by molar-refractivity contribution is 7.89. The molecular weight excluding hydrogens is 360 g/mol. The quantitative estimate of drug-likeness (QED) is 0.798. The lowest BCUT2D eigenvalue weighted by Crippen LogP contribution is -2.38. The molecule has 0 aliphatic carbocycles. The summed E-state index contributed by atoms with van der Waals surface area (Å²) in [6.45, 7) is 3.09. The van der Waals surface area contributed by atoms with Gasteiger partial charge in [0.05, 0.1) is 9.77 Å². The average Bonchev–Trinajstić information content (AvgIpc) is 3.08. The minimum atomic E-state index is -3.56. The van der Waals surface area contributed by atoms with Gasteiger partial charge >= 0.3 is 0 Å². The van der Waals surface area contributed by atoms with E-state index in [-0.39, 0.29) is 16.6 Å². The third-order valence-electron chi connectivity index (χ3n) is 4.18. The van der Waals surface area contributed by atoms with E-state index in [0.29, 0.717) is 29.6 Å². The highest BCUT2D eigenvalue weighted by Gasteiger charge is 2.30. The van der Waals surface area contributed by atoms with Gasteiger partial charge < -0.3 is 10.4 Å². The van der Waals surface area contributed by atoms with Gasteiger partial charge in [-0.2, -0.15) is 4.31 Å². The molecule has 1 aromatic heterocycles. The van der Waals surface area contributed by atoms with Gasteiger partial charge in [-0.1, -0.05) is 6.92 Å². The Morgan fingerprint density at radius 3 is 2.72 bits per heavy atom. The number of hydrogen-bond donors (Lipinski definition) is 2. The topological polar surface area (TPSA) is 86.7 Å². The van der Waals surface area contributed by atoms with Crippen molar-refractivity contribution in [2.75, 3.05) is 18.4 Å². The molecular formula is C17H20N2O4S2. The molecule has 1 aliphatic rings. The molecule has 6 nitrogen and oxygen atoms in total. The van der Waals surface area contributed by atoms with E-state index in [1.54, 1.807) is 12.1 Å². The highest BCUT2D eigenvalue weighted by atomic mass is 32.2. The lowest BCUT2D eigenvalue weighted by atomic mass is 10.0. The van der Waals surface area contributed by atoms with Gasteiger partial charge in [-0.25, -0.2) is 8.42 Å². The molecule has 1 aliphatic heterocycles. The van der Waals surface area contributed by atoms with Gasteiger partial charge in [0, 0.05) is 24.2 Å². The molecule has 0 spiro atoms. The van der Waals surface area contributed by atoms with Crippen molar-refractivity contribution in [1.82, 2.24) is 4.31 Å². The maximum atomic E-state index is 12.7. The van der Waals surface area contributed by atoms with Crippen molar-refractivity contribution in [2.24, 2.45) is 5.92 Å². The fourth-order valence-electron chi connectivity index (χ4n) is 2.82. The first-order valence-electron chi connectivity index (χ1n) is 8.05. The highest BCUT2D eigenvalue weighted by Crippen LogP contribution is 2.27. The van der Waals surface area contributed by atoms with E-state index in [2.05, 4.69) is 5.32 Å². The van der Waals surface area contributed by atoms with Crippen molar-refractivity contribution < 1.29 is 18.3 Å². The molecule has 1 amide bonds. The Labute approximate surface area is 151 Å². The molecule has 1 atom stereocenters. The molecule has 0 radical (unpaired) electrons. The summed E-state index contributed by atoms with van der Waals surface area (Å²) in [4.78, 5) is 12.8. The van der Waals surface area contributed by atoms with E-state index in [4.69, 9.17) is 0 Å². The van der Waals surface area contributed by atoms with Gasteiger partial charge in [-0.05, 0) is 49.1 Å². The summed E-state index contributed by atoms with van der Waals surface area (Å²) < 4.78 is 27.0. The number of aromatic hydroxyl groups is 1. The lowest BCUT2D eigenvalue weighted by molar-refractivity contribution is 0.103. The van der Waals surface area contributed by atoms with Crippen molar-refractivity contribution >= 4 is 33.0 Å². The number of phenolic OH excluding ortho intramolecular Hbond substituents is 1. The summed E-state index contributed by atoms with van der Waals surface area (Å²) in [6, 6.07) is 7.52. The molecule has 2 N–H and O–H groups in total. The van der Waals surface area contributed by atoms with Gasteiger partial charge in [0.25, 0.3) is 5.91 Å². The number of sulfonamides is 1. The van der Waals surface area contributed by atoms with Crippen LogP contribution in [0.5, 0.6) is 5.75 Å². The Hall–Kier alpha value is -1.90. The average molecular weight is 380 g/mol. The first-order chi connectivity index (χ1) is 11.9. The van der Waals surface area contributed by atoms with Crippen molar-refractivity contribution in [3.63, 3.8) is 0 Å². The Morgan fingerprint density at radius 2 is 2.04 bits per heavy atom. The van der Waals surface area contributed by atoms with E-state index < -0.39 is 10.0 Å². The van der Waals surface area contributed by atoms with Crippen LogP contribution >= 0.6 is 11.3 Å². The van der Waals surface area contributed by atoms with Crippen molar-refractivity contribution in [1.29, 1.82) is 0 Å². The SMILES string of the molecule is C[C@H]1CCCN(S(=O)(=O)c2csc(C(=O)Nc3ccc(O)cc3)c2)C1. The molecule has 1 fully saturated rings. The summed E-state index contributed by atoms with van der Waals surface area (Å²) >= 11 is 1.10. The fourth-order valence-corrected chi connectivity index (χ4v) is 5.58. The summed E-state index contributed by atoms with van der Waals surface area (Å²) in [7, 11) is -3.56. The molecule has 1 saturated heterocycles. The first-order valence-corrected chi connectivity index (χ1v) is 10.4. The van der Waals surface area contributed by atoms with Gasteiger partial charge in [-0.3, -0.25) is 4.79 Å². The van der Waals surface area contributed by atoms with Crippen LogP contribution in [0.1, 0.15) is 29.4 Å². The van der Waals surface area contributed by atoms with Crippen LogP contribution in [0.15, 0.2) is 40.6 Å². The van der Waals surface area contributed by atoms with Crippen molar-refractivity contribution in [3.8, 4) is 5.75 Å². The zero-order chi connectivity index (χ0) is 18.0. The zero-order valence-electron chi connectivity index (χ0n) is 13.8. The molecule has 2 aromatic rings. The van der Waals surface area contributed by atoms with Gasteiger partial charge in [0.1, 0.15) is 5.75 Å². The Kier molecular flexibility index (Phi) is 5.12. The number of thiophene rings is 1. The number of phenols is 1. The first kappa shape index (κ1) is 17.9. The predicted molar refractivity (Wildman–Crippen MR) is 97.5 cm³/mol. The summed E-state index contributed by atoms with van der Waals surface area (Å²) in [6.07, 6.45) is 1.90. The molecule has 8 heteroatoms. The minimum absolute atomic E-state index is 0.110. The Bertz CT molecular complexity index is 859. The molecule has 0 unspecified atom stereocenters. The van der Waals surface area contributed by atoms with Crippen molar-refractivity contribution in [2.45, 2.75) is 24.7 Å². The lowest BCUT2D eigenvalue weighted by Gasteiger charge is -2.29. The number of amides is 1. The third-order valence-corrected chi connectivity index (χ3v) is 7.10. The maximum absolute atomic E-state index is 12.7. The van der Waals surface area contributed by atoms with Crippen LogP contribution in [0.3, 0.4) is 0 Å². The van der Waals surface area contributed by atoms with Gasteiger partial charge in [0.2, 0.25) is 10.0 Å². The van der Waals surface area contributed by atoms with Crippen LogP contribution in [-0.4, -0.2) is 36.8 Å². The molecule has 134 valence electrons. The number of anilines is 1. The molecule has 0 saturated carbocycles. The number of carbonyl (C=O) groups excluding carboxylic acids is 1. The fraction of sp³-hybridized carbons (Fsp3) is 0.353. The van der Waals surface area contributed by atoms with E-state index in [0.717, 1.165) is 24.2 Å². The monoisotopic (exact) mass is 380 g/mol. The second-order valence-corrected chi connectivity index (χ2v) is 9.11. The maximum Gasteiger partial charge on any atom is 0.265 e. The second-order valence-electron chi connectivity index (χ2n) is 6.26. The zero-order valence-corrected chi connectivity index (χ0v) is 15.4. The van der Waals surface area contributed by atoms with Gasteiger partial charge in [-0.15, -0.1) is 11.3 Å². The number of rotatable bonds is 4. The Balaban J connectivity index is 1.75. The molecule has 2 heterocycles. The summed E-state index contributed by atoms with van der Waals surface area (Å²) in [5.41, 5.74) is 0.533. The van der Waals surface area contributed by atoms with Crippen LogP contribution in [0.2, 0.25) is 0 Å². The van der Waals surface area contributed by atoms with E-state index >= 15 is 0 Å². The predicted octanol–water partition coefficient (Wildman–Crippen LogP) is 3.13. The van der Waals surface area contributed by atoms with Crippen LogP contribution in [0.25, 0.3) is 0 Å². The molecule has 1 aromatic carbocycles. The molecule has 0 bridgehead atoms. The number of benzene rings is 1. The van der Waals surface area contributed by atoms with E-state index in [1.165, 1.54) is 27.9 Å². The summed E-state index contributed by atoms with van der Waals surface area (Å²) in [5, 5.41) is 13.5. The normalized spacial score (nSPS) is 18.8. The Morgan fingerprint density at radius 1 is 1.32 bits per heavy atom. The third kappa shape index (κ3) is 4.02. The summed E-state index contributed by atoms with van der Waals surface area (Å²) in [5.74, 6) is 0.0850. The van der Waals surface area contributed by atoms with Gasteiger partial charge in [0.15, 0.2) is 0 Å². The van der Waals surface area contributed by atoms with Crippen LogP contribution in [0.4, 0.5) is 5.69 Å². The number of nitrogens with zero attached hydrogens (tertiary/aromatic N) is 1. The largest absolute Gasteiger partial charge is 0.508 e. The van der Waals surface area contributed by atoms with Crippen LogP contribution < -0.4 is 5.32 Å². The number of hydrogen-bond acceptors (Lipinski definition) is 5. The number of piperidine rings is 1. The van der Waals surface area contributed by atoms with Crippen LogP contribution in [0, 0.1) is 5.92 Å². The second kappa shape index (κ2) is 7.15. The number of carbonyl (C=O) groups is 1. The molecule has 25 heavy (non-hydrogen) atoms.